The number of carbonyl (C=O) groups is 1. The first-order chi connectivity index (χ1) is 9.24. The summed E-state index contributed by atoms with van der Waals surface area (Å²) in [6.45, 7) is 3.21. The fourth-order valence-corrected chi connectivity index (χ4v) is 2.61. The van der Waals surface area contributed by atoms with Crippen LogP contribution in [0.3, 0.4) is 0 Å². The number of para-hydroxylation sites is 1. The maximum Gasteiger partial charge on any atom is 0.227 e. The minimum Gasteiger partial charge on any atom is -0.384 e. The highest BCUT2D eigenvalue weighted by Crippen LogP contribution is 2.26. The van der Waals surface area contributed by atoms with Crippen LogP contribution in [0.2, 0.25) is 0 Å². The lowest BCUT2D eigenvalue weighted by atomic mass is 10.1. The molecule has 106 valence electrons. The van der Waals surface area contributed by atoms with Gasteiger partial charge in [0.25, 0.3) is 0 Å². The molecule has 1 aromatic carbocycles. The first-order valence-electron chi connectivity index (χ1n) is 6.98. The van der Waals surface area contributed by atoms with Gasteiger partial charge in [-0.25, -0.2) is 0 Å². The third-order valence-electron chi connectivity index (χ3n) is 2.85. The summed E-state index contributed by atoms with van der Waals surface area (Å²) in [6, 6.07) is 8.06. The number of benzene rings is 1. The van der Waals surface area contributed by atoms with E-state index >= 15 is 0 Å². The number of primary amides is 1. The van der Waals surface area contributed by atoms with Crippen molar-refractivity contribution in [2.75, 3.05) is 17.6 Å². The van der Waals surface area contributed by atoms with Crippen molar-refractivity contribution in [3.05, 3.63) is 24.3 Å². The summed E-state index contributed by atoms with van der Waals surface area (Å²) in [4.78, 5) is 11.9. The molecule has 0 fully saturated rings. The van der Waals surface area contributed by atoms with Crippen LogP contribution in [-0.4, -0.2) is 18.2 Å². The van der Waals surface area contributed by atoms with Crippen LogP contribution in [0.1, 0.15) is 39.0 Å². The molecule has 0 aromatic heterocycles. The molecule has 0 saturated carbocycles. The van der Waals surface area contributed by atoms with E-state index in [2.05, 4.69) is 18.3 Å². The van der Waals surface area contributed by atoms with Crippen molar-refractivity contribution in [3.8, 4) is 0 Å². The summed E-state index contributed by atoms with van der Waals surface area (Å²) in [5.41, 5.74) is 6.28. The number of thioether (sulfide) groups is 1. The number of hydrogen-bond acceptors (Lipinski definition) is 3. The fourth-order valence-electron chi connectivity index (χ4n) is 1.84. The number of nitrogens with two attached hydrogens (primary N) is 1. The zero-order valence-electron chi connectivity index (χ0n) is 11.7. The minimum absolute atomic E-state index is 0.278. The van der Waals surface area contributed by atoms with Gasteiger partial charge in [0.05, 0.1) is 5.75 Å². The third-order valence-corrected chi connectivity index (χ3v) is 3.95. The normalized spacial score (nSPS) is 10.4. The number of amides is 1. The van der Waals surface area contributed by atoms with Gasteiger partial charge in [0.2, 0.25) is 5.91 Å². The lowest BCUT2D eigenvalue weighted by molar-refractivity contribution is -0.115. The van der Waals surface area contributed by atoms with E-state index in [1.807, 2.05) is 18.2 Å². The van der Waals surface area contributed by atoms with Gasteiger partial charge < -0.3 is 11.1 Å². The van der Waals surface area contributed by atoms with Gasteiger partial charge in [-0.1, -0.05) is 44.7 Å². The summed E-state index contributed by atoms with van der Waals surface area (Å²) in [5, 5.41) is 3.44. The lowest BCUT2D eigenvalue weighted by Crippen LogP contribution is -2.13. The van der Waals surface area contributed by atoms with Crippen LogP contribution in [0.15, 0.2) is 29.2 Å². The minimum atomic E-state index is -0.278. The third kappa shape index (κ3) is 7.11. The van der Waals surface area contributed by atoms with E-state index in [0.717, 1.165) is 17.1 Å². The highest BCUT2D eigenvalue weighted by atomic mass is 32.2. The second kappa shape index (κ2) is 9.73. The largest absolute Gasteiger partial charge is 0.384 e. The maximum absolute atomic E-state index is 10.8. The van der Waals surface area contributed by atoms with Gasteiger partial charge in [-0.2, -0.15) is 0 Å². The van der Waals surface area contributed by atoms with E-state index in [1.165, 1.54) is 43.9 Å². The topological polar surface area (TPSA) is 55.1 Å². The Morgan fingerprint density at radius 1 is 1.21 bits per heavy atom. The second-order valence-electron chi connectivity index (χ2n) is 4.59. The van der Waals surface area contributed by atoms with Crippen molar-refractivity contribution in [1.82, 2.24) is 0 Å². The molecule has 0 aliphatic heterocycles. The predicted molar refractivity (Wildman–Crippen MR) is 83.6 cm³/mol. The van der Waals surface area contributed by atoms with Crippen LogP contribution in [0.4, 0.5) is 5.69 Å². The molecule has 0 bridgehead atoms. The molecule has 0 radical (unpaired) electrons. The van der Waals surface area contributed by atoms with Crippen molar-refractivity contribution < 1.29 is 4.79 Å². The molecule has 0 spiro atoms. The van der Waals surface area contributed by atoms with E-state index in [-0.39, 0.29) is 5.91 Å². The SMILES string of the molecule is CCCCCCCNc1ccccc1SCC(N)=O. The van der Waals surface area contributed by atoms with Crippen LogP contribution in [0.25, 0.3) is 0 Å². The summed E-state index contributed by atoms with van der Waals surface area (Å²) in [7, 11) is 0. The first-order valence-corrected chi connectivity index (χ1v) is 7.96. The molecule has 1 rings (SSSR count). The Morgan fingerprint density at radius 2 is 1.95 bits per heavy atom. The van der Waals surface area contributed by atoms with Crippen molar-refractivity contribution >= 4 is 23.4 Å². The van der Waals surface area contributed by atoms with E-state index in [0.29, 0.717) is 5.75 Å². The molecule has 1 aromatic rings. The first kappa shape index (κ1) is 15.9. The fraction of sp³-hybridized carbons (Fsp3) is 0.533. The zero-order valence-corrected chi connectivity index (χ0v) is 12.5. The molecule has 3 nitrogen and oxygen atoms in total. The van der Waals surface area contributed by atoms with E-state index in [4.69, 9.17) is 5.73 Å². The molecule has 1 amide bonds. The van der Waals surface area contributed by atoms with Crippen LogP contribution < -0.4 is 11.1 Å². The predicted octanol–water partition coefficient (Wildman–Crippen LogP) is 3.65. The van der Waals surface area contributed by atoms with Gasteiger partial charge >= 0.3 is 0 Å². The summed E-state index contributed by atoms with van der Waals surface area (Å²) in [5.74, 6) is 0.0502. The van der Waals surface area contributed by atoms with E-state index in [9.17, 15) is 4.79 Å². The Labute approximate surface area is 120 Å². The van der Waals surface area contributed by atoms with Crippen LogP contribution in [-0.2, 0) is 4.79 Å². The molecule has 0 atom stereocenters. The summed E-state index contributed by atoms with van der Waals surface area (Å²) < 4.78 is 0. The lowest BCUT2D eigenvalue weighted by Gasteiger charge is -2.11. The average Bonchev–Trinajstić information content (AvgIpc) is 2.41. The van der Waals surface area contributed by atoms with Crippen molar-refractivity contribution in [1.29, 1.82) is 0 Å². The van der Waals surface area contributed by atoms with Crippen molar-refractivity contribution in [2.45, 2.75) is 43.9 Å². The number of anilines is 1. The Hall–Kier alpha value is -1.16. The summed E-state index contributed by atoms with van der Waals surface area (Å²) in [6.07, 6.45) is 6.38. The smallest absolute Gasteiger partial charge is 0.227 e. The molecule has 0 heterocycles. The summed E-state index contributed by atoms with van der Waals surface area (Å²) >= 11 is 1.49. The molecular weight excluding hydrogens is 256 g/mol. The monoisotopic (exact) mass is 280 g/mol. The standard InChI is InChI=1S/C15H24N2OS/c1-2-3-4-5-8-11-17-13-9-6-7-10-14(13)19-12-15(16)18/h6-7,9-10,17H,2-5,8,11-12H2,1H3,(H2,16,18). The van der Waals surface area contributed by atoms with Crippen molar-refractivity contribution in [3.63, 3.8) is 0 Å². The van der Waals surface area contributed by atoms with Gasteiger partial charge in [0, 0.05) is 17.1 Å². The van der Waals surface area contributed by atoms with Crippen LogP contribution in [0, 0.1) is 0 Å². The van der Waals surface area contributed by atoms with Crippen molar-refractivity contribution in [2.24, 2.45) is 5.73 Å². The Bertz CT molecular complexity index is 382. The second-order valence-corrected chi connectivity index (χ2v) is 5.61. The highest BCUT2D eigenvalue weighted by Gasteiger charge is 2.03. The molecule has 3 N–H and O–H groups in total. The zero-order chi connectivity index (χ0) is 13.9. The molecule has 0 aliphatic rings. The quantitative estimate of drug-likeness (QED) is 0.508. The molecule has 0 saturated heterocycles. The van der Waals surface area contributed by atoms with Crippen LogP contribution in [0.5, 0.6) is 0 Å². The van der Waals surface area contributed by atoms with E-state index < -0.39 is 0 Å². The highest BCUT2D eigenvalue weighted by molar-refractivity contribution is 8.00. The molecule has 0 unspecified atom stereocenters. The van der Waals surface area contributed by atoms with Gasteiger partial charge in [-0.15, -0.1) is 11.8 Å². The van der Waals surface area contributed by atoms with Gasteiger partial charge in [-0.05, 0) is 18.6 Å². The molecule has 4 heteroatoms. The molecule has 0 aliphatic carbocycles. The van der Waals surface area contributed by atoms with E-state index in [1.54, 1.807) is 0 Å². The maximum atomic E-state index is 10.8. The Kier molecular flexibility index (Phi) is 8.14. The number of hydrogen-bond donors (Lipinski definition) is 2. The Balaban J connectivity index is 2.33. The van der Waals surface area contributed by atoms with Gasteiger partial charge in [0.15, 0.2) is 0 Å². The number of unbranched alkanes of at least 4 members (excludes halogenated alkanes) is 4. The van der Waals surface area contributed by atoms with Crippen LogP contribution >= 0.6 is 11.8 Å². The number of nitrogens with one attached hydrogen (secondary N) is 1. The molecular formula is C15H24N2OS. The average molecular weight is 280 g/mol. The van der Waals surface area contributed by atoms with Gasteiger partial charge in [-0.3, -0.25) is 4.79 Å². The number of carbonyl (C=O) groups excluding carboxylic acids is 1. The molecule has 19 heavy (non-hydrogen) atoms. The van der Waals surface area contributed by atoms with Gasteiger partial charge in [0.1, 0.15) is 0 Å². The Morgan fingerprint density at radius 3 is 2.68 bits per heavy atom. The number of rotatable bonds is 10.